The molecule has 0 aromatic carbocycles. The third-order valence-electron chi connectivity index (χ3n) is 2.36. The van der Waals surface area contributed by atoms with Gasteiger partial charge in [-0.25, -0.2) is 13.4 Å². The van der Waals surface area contributed by atoms with Gasteiger partial charge in [0.1, 0.15) is 9.84 Å². The van der Waals surface area contributed by atoms with Crippen molar-refractivity contribution in [3.8, 4) is 0 Å². The Morgan fingerprint density at radius 1 is 1.41 bits per heavy atom. The van der Waals surface area contributed by atoms with Gasteiger partial charge in [0, 0.05) is 31.2 Å². The van der Waals surface area contributed by atoms with Gasteiger partial charge in [-0.3, -0.25) is 0 Å². The molecule has 0 spiro atoms. The topological polar surface area (TPSA) is 64.0 Å². The second kappa shape index (κ2) is 5.53. The smallest absolute Gasteiger partial charge is 0.203 e. The zero-order chi connectivity index (χ0) is 13.1. The number of hydrogen-bond donors (Lipinski definition) is 1. The fourth-order valence-corrected chi connectivity index (χ4v) is 2.66. The summed E-state index contributed by atoms with van der Waals surface area (Å²) in [5, 5.41) is 3.22. The standard InChI is InChI=1S/C11H21N3O2S/c1-9(2)7-13-11-12-5-6-14(11)10(3)8-17(4,15)16/h5-6,9-10H,7-8H2,1-4H3,(H,12,13). The van der Waals surface area contributed by atoms with Crippen molar-refractivity contribution in [2.45, 2.75) is 26.8 Å². The van der Waals surface area contributed by atoms with Gasteiger partial charge in [0.05, 0.1) is 5.75 Å². The van der Waals surface area contributed by atoms with Gasteiger partial charge in [0.15, 0.2) is 0 Å². The van der Waals surface area contributed by atoms with Gasteiger partial charge in [-0.05, 0) is 12.8 Å². The van der Waals surface area contributed by atoms with Gasteiger partial charge in [-0.2, -0.15) is 0 Å². The Labute approximate surface area is 103 Å². The first-order valence-corrected chi connectivity index (χ1v) is 7.80. The molecule has 0 fully saturated rings. The van der Waals surface area contributed by atoms with E-state index in [2.05, 4.69) is 24.1 Å². The molecule has 0 aliphatic rings. The summed E-state index contributed by atoms with van der Waals surface area (Å²) in [4.78, 5) is 4.20. The summed E-state index contributed by atoms with van der Waals surface area (Å²) in [5.41, 5.74) is 0. The highest BCUT2D eigenvalue weighted by atomic mass is 32.2. The third-order valence-corrected chi connectivity index (χ3v) is 3.44. The minimum Gasteiger partial charge on any atom is -0.355 e. The van der Waals surface area contributed by atoms with E-state index in [1.165, 1.54) is 6.26 Å². The lowest BCUT2D eigenvalue weighted by Crippen LogP contribution is -2.19. The first-order chi connectivity index (χ1) is 7.79. The largest absolute Gasteiger partial charge is 0.355 e. The summed E-state index contributed by atoms with van der Waals surface area (Å²) in [5.74, 6) is 1.37. The number of nitrogens with one attached hydrogen (secondary N) is 1. The maximum absolute atomic E-state index is 11.3. The SMILES string of the molecule is CC(C)CNc1nccn1C(C)CS(C)(=O)=O. The van der Waals surface area contributed by atoms with Gasteiger partial charge in [-0.1, -0.05) is 13.8 Å². The van der Waals surface area contributed by atoms with Gasteiger partial charge >= 0.3 is 0 Å². The number of rotatable bonds is 6. The molecule has 17 heavy (non-hydrogen) atoms. The lowest BCUT2D eigenvalue weighted by Gasteiger charge is -2.16. The van der Waals surface area contributed by atoms with E-state index in [0.29, 0.717) is 5.92 Å². The van der Waals surface area contributed by atoms with Crippen molar-refractivity contribution in [1.29, 1.82) is 0 Å². The van der Waals surface area contributed by atoms with Crippen molar-refractivity contribution in [3.05, 3.63) is 12.4 Å². The lowest BCUT2D eigenvalue weighted by molar-refractivity contribution is 0.562. The number of anilines is 1. The highest BCUT2D eigenvalue weighted by molar-refractivity contribution is 7.90. The molecule has 1 aromatic rings. The fourth-order valence-electron chi connectivity index (χ4n) is 1.62. The molecule has 0 saturated carbocycles. The van der Waals surface area contributed by atoms with E-state index in [1.807, 2.05) is 11.5 Å². The first kappa shape index (κ1) is 14.0. The molecular weight excluding hydrogens is 238 g/mol. The summed E-state index contributed by atoms with van der Waals surface area (Å²) < 4.78 is 24.4. The molecular formula is C11H21N3O2S. The molecule has 0 saturated heterocycles. The van der Waals surface area contributed by atoms with E-state index >= 15 is 0 Å². The van der Waals surface area contributed by atoms with Crippen LogP contribution < -0.4 is 5.32 Å². The quantitative estimate of drug-likeness (QED) is 0.842. The van der Waals surface area contributed by atoms with Crippen LogP contribution >= 0.6 is 0 Å². The minimum absolute atomic E-state index is 0.109. The van der Waals surface area contributed by atoms with Crippen LogP contribution in [0.25, 0.3) is 0 Å². The predicted molar refractivity (Wildman–Crippen MR) is 70.0 cm³/mol. The molecule has 0 amide bonds. The Bertz CT molecular complexity index is 451. The zero-order valence-electron chi connectivity index (χ0n) is 10.8. The van der Waals surface area contributed by atoms with Gasteiger partial charge in [0.25, 0.3) is 0 Å². The highest BCUT2D eigenvalue weighted by Gasteiger charge is 2.15. The van der Waals surface area contributed by atoms with Crippen molar-refractivity contribution in [1.82, 2.24) is 9.55 Å². The maximum Gasteiger partial charge on any atom is 0.203 e. The Morgan fingerprint density at radius 3 is 2.59 bits per heavy atom. The number of hydrogen-bond acceptors (Lipinski definition) is 4. The van der Waals surface area contributed by atoms with E-state index in [9.17, 15) is 8.42 Å². The average Bonchev–Trinajstić information content (AvgIpc) is 2.59. The lowest BCUT2D eigenvalue weighted by atomic mass is 10.2. The summed E-state index contributed by atoms with van der Waals surface area (Å²) >= 11 is 0. The average molecular weight is 259 g/mol. The number of imidazole rings is 1. The molecule has 1 atom stereocenters. The summed E-state index contributed by atoms with van der Waals surface area (Å²) in [6.45, 7) is 6.92. The highest BCUT2D eigenvalue weighted by Crippen LogP contribution is 2.15. The van der Waals surface area contributed by atoms with Crippen molar-refractivity contribution >= 4 is 15.8 Å². The van der Waals surface area contributed by atoms with Crippen LogP contribution in [0.4, 0.5) is 5.95 Å². The Hall–Kier alpha value is -1.04. The second-order valence-corrected chi connectivity index (χ2v) is 7.06. The molecule has 1 N–H and O–H groups in total. The second-order valence-electron chi connectivity index (χ2n) is 4.87. The summed E-state index contributed by atoms with van der Waals surface area (Å²) in [6.07, 6.45) is 4.74. The minimum atomic E-state index is -2.97. The number of nitrogens with zero attached hydrogens (tertiary/aromatic N) is 2. The van der Waals surface area contributed by atoms with E-state index in [1.54, 1.807) is 12.4 Å². The molecule has 0 aliphatic carbocycles. The molecule has 1 heterocycles. The molecule has 0 radical (unpaired) electrons. The molecule has 6 heteroatoms. The summed E-state index contributed by atoms with van der Waals surface area (Å²) in [7, 11) is -2.97. The fraction of sp³-hybridized carbons (Fsp3) is 0.727. The number of aromatic nitrogens is 2. The summed E-state index contributed by atoms with van der Waals surface area (Å²) in [6, 6.07) is -0.109. The Morgan fingerprint density at radius 2 is 2.06 bits per heavy atom. The van der Waals surface area contributed by atoms with Crippen LogP contribution in [0.15, 0.2) is 12.4 Å². The predicted octanol–water partition coefficient (Wildman–Crippen LogP) is 1.56. The van der Waals surface area contributed by atoms with E-state index < -0.39 is 9.84 Å². The molecule has 98 valence electrons. The van der Waals surface area contributed by atoms with Crippen LogP contribution in [0.2, 0.25) is 0 Å². The van der Waals surface area contributed by atoms with Crippen LogP contribution in [0.3, 0.4) is 0 Å². The van der Waals surface area contributed by atoms with Crippen LogP contribution in [-0.4, -0.2) is 36.5 Å². The Kier molecular flexibility index (Phi) is 4.56. The normalized spacial score (nSPS) is 13.9. The molecule has 1 aromatic heterocycles. The van der Waals surface area contributed by atoms with Gasteiger partial charge < -0.3 is 9.88 Å². The van der Waals surface area contributed by atoms with E-state index in [4.69, 9.17) is 0 Å². The Balaban J connectivity index is 2.74. The maximum atomic E-state index is 11.3. The molecule has 0 aliphatic heterocycles. The van der Waals surface area contributed by atoms with Crippen LogP contribution in [-0.2, 0) is 9.84 Å². The van der Waals surface area contributed by atoms with E-state index in [0.717, 1.165) is 12.5 Å². The number of sulfone groups is 1. The van der Waals surface area contributed by atoms with Crippen LogP contribution in [0, 0.1) is 5.92 Å². The third kappa shape index (κ3) is 4.77. The first-order valence-electron chi connectivity index (χ1n) is 5.74. The van der Waals surface area contributed by atoms with Crippen LogP contribution in [0.1, 0.15) is 26.8 Å². The van der Waals surface area contributed by atoms with Crippen LogP contribution in [0.5, 0.6) is 0 Å². The van der Waals surface area contributed by atoms with Gasteiger partial charge in [-0.15, -0.1) is 0 Å². The molecule has 1 rings (SSSR count). The van der Waals surface area contributed by atoms with Crippen molar-refractivity contribution in [2.24, 2.45) is 5.92 Å². The van der Waals surface area contributed by atoms with E-state index in [-0.39, 0.29) is 11.8 Å². The molecule has 5 nitrogen and oxygen atoms in total. The van der Waals surface area contributed by atoms with Crippen molar-refractivity contribution < 1.29 is 8.42 Å². The zero-order valence-corrected chi connectivity index (χ0v) is 11.7. The van der Waals surface area contributed by atoms with Crippen molar-refractivity contribution in [2.75, 3.05) is 23.9 Å². The monoisotopic (exact) mass is 259 g/mol. The molecule has 1 unspecified atom stereocenters. The van der Waals surface area contributed by atoms with Crippen molar-refractivity contribution in [3.63, 3.8) is 0 Å². The molecule has 0 bridgehead atoms. The van der Waals surface area contributed by atoms with Gasteiger partial charge in [0.2, 0.25) is 5.95 Å².